The predicted molar refractivity (Wildman–Crippen MR) is 120 cm³/mol. The van der Waals surface area contributed by atoms with E-state index in [-0.39, 0.29) is 23.4 Å². The van der Waals surface area contributed by atoms with Gasteiger partial charge >= 0.3 is 0 Å². The second-order valence-corrected chi connectivity index (χ2v) is 9.42. The number of ether oxygens (including phenoxy) is 1. The first kappa shape index (κ1) is 22.2. The molecule has 0 aromatic heterocycles. The van der Waals surface area contributed by atoms with Crippen LogP contribution in [0, 0.1) is 0 Å². The Labute approximate surface area is 183 Å². The summed E-state index contributed by atoms with van der Waals surface area (Å²) in [7, 11) is 0. The highest BCUT2D eigenvalue weighted by molar-refractivity contribution is 8.00. The zero-order chi connectivity index (χ0) is 20.8. The molecule has 1 fully saturated rings. The van der Waals surface area contributed by atoms with Crippen molar-refractivity contribution >= 4 is 29.3 Å². The Hall–Kier alpha value is -1.53. The normalized spacial score (nSPS) is 21.0. The molecule has 0 spiro atoms. The monoisotopic (exact) mass is 432 g/mol. The SMILES string of the molecule is CC1CN(Cc2ccccc2CNC(=O)C(C)Sc2ccccc2Cl)CC(C)O1. The lowest BCUT2D eigenvalue weighted by Crippen LogP contribution is -2.45. The van der Waals surface area contributed by atoms with E-state index in [0.717, 1.165) is 30.1 Å². The van der Waals surface area contributed by atoms with Gasteiger partial charge in [0.1, 0.15) is 0 Å². The van der Waals surface area contributed by atoms with Crippen LogP contribution in [0.5, 0.6) is 0 Å². The van der Waals surface area contributed by atoms with E-state index >= 15 is 0 Å². The van der Waals surface area contributed by atoms with Gasteiger partial charge in [-0.3, -0.25) is 9.69 Å². The molecule has 6 heteroatoms. The van der Waals surface area contributed by atoms with E-state index in [9.17, 15) is 4.79 Å². The highest BCUT2D eigenvalue weighted by Crippen LogP contribution is 2.30. The van der Waals surface area contributed by atoms with E-state index < -0.39 is 0 Å². The van der Waals surface area contributed by atoms with Crippen molar-refractivity contribution in [3.8, 4) is 0 Å². The summed E-state index contributed by atoms with van der Waals surface area (Å²) in [5.74, 6) is 0.0124. The van der Waals surface area contributed by atoms with Crippen molar-refractivity contribution in [3.63, 3.8) is 0 Å². The molecule has 2 aromatic carbocycles. The number of hydrogen-bond acceptors (Lipinski definition) is 4. The van der Waals surface area contributed by atoms with E-state index in [4.69, 9.17) is 16.3 Å². The van der Waals surface area contributed by atoms with Gasteiger partial charge in [-0.05, 0) is 44.0 Å². The molecule has 0 bridgehead atoms. The topological polar surface area (TPSA) is 41.6 Å². The van der Waals surface area contributed by atoms with Crippen LogP contribution in [0.1, 0.15) is 31.9 Å². The van der Waals surface area contributed by atoms with E-state index in [1.165, 1.54) is 17.3 Å². The number of amides is 1. The third-order valence-electron chi connectivity index (χ3n) is 4.97. The molecule has 1 saturated heterocycles. The van der Waals surface area contributed by atoms with Gasteiger partial charge in [-0.25, -0.2) is 0 Å². The van der Waals surface area contributed by atoms with Gasteiger partial charge < -0.3 is 10.1 Å². The summed E-state index contributed by atoms with van der Waals surface area (Å²) in [5.41, 5.74) is 2.41. The first-order valence-corrected chi connectivity index (χ1v) is 11.3. The number of benzene rings is 2. The standard InChI is InChI=1S/C23H29ClN2O2S/c1-16-13-26(14-17(2)28-16)15-20-9-5-4-8-19(20)12-25-23(27)18(3)29-22-11-7-6-10-21(22)24/h4-11,16-18H,12-15H2,1-3H3,(H,25,27). The molecule has 0 aliphatic carbocycles. The fraction of sp³-hybridized carbons (Fsp3) is 0.435. The van der Waals surface area contributed by atoms with Crippen LogP contribution in [0.4, 0.5) is 0 Å². The van der Waals surface area contributed by atoms with Gasteiger partial charge in [0.2, 0.25) is 5.91 Å². The average molecular weight is 433 g/mol. The third-order valence-corrected chi connectivity index (χ3v) is 6.59. The van der Waals surface area contributed by atoms with Gasteiger partial charge in [-0.2, -0.15) is 0 Å². The predicted octanol–water partition coefficient (Wildman–Crippen LogP) is 4.75. The van der Waals surface area contributed by atoms with E-state index in [1.54, 1.807) is 0 Å². The molecule has 1 aliphatic heterocycles. The largest absolute Gasteiger partial charge is 0.373 e. The zero-order valence-electron chi connectivity index (χ0n) is 17.2. The van der Waals surface area contributed by atoms with E-state index in [2.05, 4.69) is 42.3 Å². The van der Waals surface area contributed by atoms with Crippen LogP contribution in [0.15, 0.2) is 53.4 Å². The molecule has 3 rings (SSSR count). The smallest absolute Gasteiger partial charge is 0.233 e. The summed E-state index contributed by atoms with van der Waals surface area (Å²) in [5, 5.41) is 3.55. The highest BCUT2D eigenvalue weighted by Gasteiger charge is 2.23. The van der Waals surface area contributed by atoms with Crippen molar-refractivity contribution in [1.29, 1.82) is 0 Å². The number of thioether (sulfide) groups is 1. The van der Waals surface area contributed by atoms with Gasteiger partial charge in [-0.15, -0.1) is 11.8 Å². The number of nitrogens with zero attached hydrogens (tertiary/aromatic N) is 1. The maximum absolute atomic E-state index is 12.6. The number of halogens is 1. The molecule has 1 heterocycles. The Kier molecular flexibility index (Phi) is 8.01. The van der Waals surface area contributed by atoms with Crippen LogP contribution in [0.2, 0.25) is 5.02 Å². The van der Waals surface area contributed by atoms with E-state index in [0.29, 0.717) is 11.6 Å². The van der Waals surface area contributed by atoms with Crippen LogP contribution in [-0.4, -0.2) is 41.4 Å². The van der Waals surface area contributed by atoms with Crippen molar-refractivity contribution in [3.05, 3.63) is 64.7 Å². The Morgan fingerprint density at radius 3 is 2.45 bits per heavy atom. The summed E-state index contributed by atoms with van der Waals surface area (Å²) in [6.07, 6.45) is 0.488. The molecule has 2 aromatic rings. The number of nitrogens with one attached hydrogen (secondary N) is 1. The second-order valence-electron chi connectivity index (χ2n) is 7.63. The minimum atomic E-state index is -0.219. The lowest BCUT2D eigenvalue weighted by atomic mass is 10.1. The quantitative estimate of drug-likeness (QED) is 0.641. The first-order chi connectivity index (χ1) is 13.9. The maximum Gasteiger partial charge on any atom is 0.233 e. The van der Waals surface area contributed by atoms with Gasteiger partial charge in [0.05, 0.1) is 22.5 Å². The first-order valence-electron chi connectivity index (χ1n) is 10.1. The third kappa shape index (κ3) is 6.48. The maximum atomic E-state index is 12.6. The van der Waals surface area contributed by atoms with Crippen molar-refractivity contribution in [2.45, 2.75) is 56.2 Å². The number of carbonyl (C=O) groups excluding carboxylic acids is 1. The zero-order valence-corrected chi connectivity index (χ0v) is 18.8. The lowest BCUT2D eigenvalue weighted by molar-refractivity contribution is -0.120. The van der Waals surface area contributed by atoms with Crippen molar-refractivity contribution < 1.29 is 9.53 Å². The Bertz CT molecular complexity index is 822. The molecular formula is C23H29ClN2O2S. The molecule has 3 unspecified atom stereocenters. The fourth-order valence-electron chi connectivity index (χ4n) is 3.65. The summed E-state index contributed by atoms with van der Waals surface area (Å²) in [6, 6.07) is 15.9. The number of rotatable bonds is 7. The van der Waals surface area contributed by atoms with Gasteiger partial charge in [-0.1, -0.05) is 48.0 Å². The molecular weight excluding hydrogens is 404 g/mol. The van der Waals surface area contributed by atoms with Crippen molar-refractivity contribution in [2.24, 2.45) is 0 Å². The highest BCUT2D eigenvalue weighted by atomic mass is 35.5. The Balaban J connectivity index is 1.57. The van der Waals surface area contributed by atoms with Gasteiger partial charge in [0.15, 0.2) is 0 Å². The van der Waals surface area contributed by atoms with Crippen LogP contribution in [-0.2, 0) is 22.6 Å². The Morgan fingerprint density at radius 1 is 1.14 bits per heavy atom. The summed E-state index contributed by atoms with van der Waals surface area (Å²) in [4.78, 5) is 16.0. The molecule has 1 amide bonds. The van der Waals surface area contributed by atoms with Gasteiger partial charge in [0.25, 0.3) is 0 Å². The molecule has 1 N–H and O–H groups in total. The van der Waals surface area contributed by atoms with Crippen molar-refractivity contribution in [1.82, 2.24) is 10.2 Å². The number of carbonyl (C=O) groups is 1. The Morgan fingerprint density at radius 2 is 1.76 bits per heavy atom. The van der Waals surface area contributed by atoms with E-state index in [1.807, 2.05) is 37.3 Å². The second kappa shape index (κ2) is 10.5. The van der Waals surface area contributed by atoms with Crippen LogP contribution in [0.3, 0.4) is 0 Å². The molecule has 156 valence electrons. The number of morpholine rings is 1. The molecule has 4 nitrogen and oxygen atoms in total. The minimum Gasteiger partial charge on any atom is -0.373 e. The fourth-order valence-corrected chi connectivity index (χ4v) is 4.83. The molecule has 29 heavy (non-hydrogen) atoms. The molecule has 1 aliphatic rings. The van der Waals surface area contributed by atoms with Crippen LogP contribution in [0.25, 0.3) is 0 Å². The average Bonchev–Trinajstić information content (AvgIpc) is 2.68. The molecule has 3 atom stereocenters. The lowest BCUT2D eigenvalue weighted by Gasteiger charge is -2.35. The van der Waals surface area contributed by atoms with Crippen LogP contribution < -0.4 is 5.32 Å². The summed E-state index contributed by atoms with van der Waals surface area (Å²) < 4.78 is 5.84. The van der Waals surface area contributed by atoms with Crippen LogP contribution >= 0.6 is 23.4 Å². The minimum absolute atomic E-state index is 0.0124. The van der Waals surface area contributed by atoms with Gasteiger partial charge in [0, 0.05) is 31.1 Å². The molecule has 0 saturated carbocycles. The molecule has 0 radical (unpaired) electrons. The summed E-state index contributed by atoms with van der Waals surface area (Å²) in [6.45, 7) is 9.39. The summed E-state index contributed by atoms with van der Waals surface area (Å²) >= 11 is 7.69. The number of hydrogen-bond donors (Lipinski definition) is 1. The van der Waals surface area contributed by atoms with Crippen molar-refractivity contribution in [2.75, 3.05) is 13.1 Å².